The summed E-state index contributed by atoms with van der Waals surface area (Å²) in [5.41, 5.74) is 0.805. The summed E-state index contributed by atoms with van der Waals surface area (Å²) >= 11 is 0. The zero-order chi connectivity index (χ0) is 22.1. The lowest BCUT2D eigenvalue weighted by Gasteiger charge is -2.32. The number of esters is 1. The number of carbonyl (C=O) groups is 2. The van der Waals surface area contributed by atoms with Crippen LogP contribution >= 0.6 is 0 Å². The van der Waals surface area contributed by atoms with Crippen LogP contribution in [0, 0.1) is 0 Å². The third kappa shape index (κ3) is 5.19. The molecule has 3 aromatic carbocycles. The molecule has 0 radical (unpaired) electrons. The van der Waals surface area contributed by atoms with E-state index in [0.29, 0.717) is 11.1 Å². The van der Waals surface area contributed by atoms with E-state index in [1.807, 2.05) is 105 Å². The van der Waals surface area contributed by atoms with Gasteiger partial charge in [-0.2, -0.15) is 0 Å². The third-order valence-electron chi connectivity index (χ3n) is 5.02. The Hall–Kier alpha value is -3.44. The molecule has 0 bridgehead atoms. The van der Waals surface area contributed by atoms with Crippen LogP contribution in [0.2, 0.25) is 0 Å². The number of nitrogens with one attached hydrogen (secondary N) is 1. The Labute approximate surface area is 183 Å². The lowest BCUT2D eigenvalue weighted by atomic mass is 9.86. The minimum absolute atomic E-state index is 0.202. The van der Waals surface area contributed by atoms with E-state index in [2.05, 4.69) is 5.32 Å². The van der Waals surface area contributed by atoms with Crippen molar-refractivity contribution in [3.05, 3.63) is 108 Å². The van der Waals surface area contributed by atoms with Crippen molar-refractivity contribution in [3.63, 3.8) is 0 Å². The first kappa shape index (κ1) is 22.2. The van der Waals surface area contributed by atoms with E-state index in [1.54, 1.807) is 0 Å². The molecule has 0 spiro atoms. The van der Waals surface area contributed by atoms with Gasteiger partial charge in [0.15, 0.2) is 6.61 Å². The van der Waals surface area contributed by atoms with E-state index in [4.69, 9.17) is 9.47 Å². The summed E-state index contributed by atoms with van der Waals surface area (Å²) in [6, 6.07) is 27.8. The first-order valence-electron chi connectivity index (χ1n) is 10.3. The maximum absolute atomic E-state index is 13.4. The average molecular weight is 418 g/mol. The second kappa shape index (κ2) is 10.5. The molecular formula is C26H27NO4. The quantitative estimate of drug-likeness (QED) is 0.525. The molecule has 160 valence electrons. The van der Waals surface area contributed by atoms with Gasteiger partial charge in [0.25, 0.3) is 5.91 Å². The number of benzene rings is 3. The van der Waals surface area contributed by atoms with Crippen molar-refractivity contribution in [1.29, 1.82) is 0 Å². The molecule has 1 amide bonds. The molecule has 0 aliphatic carbocycles. The predicted molar refractivity (Wildman–Crippen MR) is 119 cm³/mol. The van der Waals surface area contributed by atoms with Gasteiger partial charge in [-0.1, -0.05) is 91.0 Å². The molecule has 1 N–H and O–H groups in total. The Morgan fingerprint density at radius 1 is 0.839 bits per heavy atom. The highest BCUT2D eigenvalue weighted by Crippen LogP contribution is 2.35. The normalized spacial score (nSPS) is 12.1. The molecule has 5 nitrogen and oxygen atoms in total. The number of rotatable bonds is 9. The van der Waals surface area contributed by atoms with Crippen LogP contribution < -0.4 is 5.32 Å². The maximum atomic E-state index is 13.4. The van der Waals surface area contributed by atoms with Gasteiger partial charge in [0.05, 0.1) is 6.04 Å². The van der Waals surface area contributed by atoms with Crippen LogP contribution in [0.3, 0.4) is 0 Å². The van der Waals surface area contributed by atoms with Crippen LogP contribution in [-0.2, 0) is 24.7 Å². The van der Waals surface area contributed by atoms with Crippen molar-refractivity contribution in [2.24, 2.45) is 0 Å². The first-order chi connectivity index (χ1) is 15.1. The summed E-state index contributed by atoms with van der Waals surface area (Å²) in [6.45, 7) is 3.59. The molecule has 0 saturated heterocycles. The molecule has 31 heavy (non-hydrogen) atoms. The van der Waals surface area contributed by atoms with Gasteiger partial charge in [-0.3, -0.25) is 4.79 Å². The highest BCUT2D eigenvalue weighted by Gasteiger charge is 2.45. The summed E-state index contributed by atoms with van der Waals surface area (Å²) in [5.74, 6) is -1.01. The van der Waals surface area contributed by atoms with E-state index in [0.717, 1.165) is 5.56 Å². The Kier molecular flexibility index (Phi) is 7.57. The number of hydrogen-bond acceptors (Lipinski definition) is 4. The SMILES string of the molecule is CCOC(C(=O)OCC(=O)N[C@H](C)c1ccccc1)(c1ccccc1)c1ccccc1. The Balaban J connectivity index is 1.80. The van der Waals surface area contributed by atoms with Gasteiger partial charge in [-0.15, -0.1) is 0 Å². The second-order valence-electron chi connectivity index (χ2n) is 7.12. The summed E-state index contributed by atoms with van der Waals surface area (Å²) < 4.78 is 11.5. The van der Waals surface area contributed by atoms with Crippen LogP contribution in [-0.4, -0.2) is 25.1 Å². The molecule has 0 aliphatic heterocycles. The lowest BCUT2D eigenvalue weighted by molar-refractivity contribution is -0.170. The standard InChI is InChI=1S/C26H27NO4/c1-3-31-26(22-15-9-5-10-16-22,23-17-11-6-12-18-23)25(29)30-19-24(28)27-20(2)21-13-7-4-8-14-21/h4-18,20H,3,19H2,1-2H3,(H,27,28)/t20-/m1/s1. The highest BCUT2D eigenvalue weighted by molar-refractivity contribution is 5.88. The van der Waals surface area contributed by atoms with Crippen molar-refractivity contribution in [1.82, 2.24) is 5.32 Å². The third-order valence-corrected chi connectivity index (χ3v) is 5.02. The van der Waals surface area contributed by atoms with Crippen LogP contribution in [0.1, 0.15) is 36.6 Å². The van der Waals surface area contributed by atoms with Crippen molar-refractivity contribution in [2.75, 3.05) is 13.2 Å². The molecule has 0 aromatic heterocycles. The average Bonchev–Trinajstić information content (AvgIpc) is 2.82. The van der Waals surface area contributed by atoms with Gasteiger partial charge in [-0.05, 0) is 30.5 Å². The van der Waals surface area contributed by atoms with Crippen molar-refractivity contribution in [3.8, 4) is 0 Å². The van der Waals surface area contributed by atoms with E-state index >= 15 is 0 Å². The molecular weight excluding hydrogens is 390 g/mol. The van der Waals surface area contributed by atoms with Gasteiger partial charge >= 0.3 is 5.97 Å². The number of carbonyl (C=O) groups excluding carboxylic acids is 2. The van der Waals surface area contributed by atoms with Crippen LogP contribution in [0.15, 0.2) is 91.0 Å². The molecule has 0 saturated carbocycles. The highest BCUT2D eigenvalue weighted by atomic mass is 16.6. The molecule has 3 rings (SSSR count). The van der Waals surface area contributed by atoms with Gasteiger partial charge < -0.3 is 14.8 Å². The number of amides is 1. The van der Waals surface area contributed by atoms with Crippen LogP contribution in [0.25, 0.3) is 0 Å². The summed E-state index contributed by atoms with van der Waals surface area (Å²) in [4.78, 5) is 25.8. The van der Waals surface area contributed by atoms with Gasteiger partial charge in [0, 0.05) is 6.61 Å². The van der Waals surface area contributed by atoms with E-state index in [-0.39, 0.29) is 18.6 Å². The molecule has 1 atom stereocenters. The Bertz CT molecular complexity index is 935. The second-order valence-corrected chi connectivity index (χ2v) is 7.12. The summed E-state index contributed by atoms with van der Waals surface area (Å²) in [6.07, 6.45) is 0. The van der Waals surface area contributed by atoms with Crippen LogP contribution in [0.5, 0.6) is 0 Å². The molecule has 0 heterocycles. The minimum atomic E-state index is -1.46. The predicted octanol–water partition coefficient (Wildman–Crippen LogP) is 4.39. The summed E-state index contributed by atoms with van der Waals surface area (Å²) in [5, 5.41) is 2.86. The lowest BCUT2D eigenvalue weighted by Crippen LogP contribution is -2.43. The zero-order valence-corrected chi connectivity index (χ0v) is 17.8. The van der Waals surface area contributed by atoms with Gasteiger partial charge in [-0.25, -0.2) is 4.79 Å². The monoisotopic (exact) mass is 417 g/mol. The number of ether oxygens (including phenoxy) is 2. The summed E-state index contributed by atoms with van der Waals surface area (Å²) in [7, 11) is 0. The maximum Gasteiger partial charge on any atom is 0.348 e. The topological polar surface area (TPSA) is 64.6 Å². The first-order valence-corrected chi connectivity index (χ1v) is 10.3. The van der Waals surface area contributed by atoms with E-state index < -0.39 is 18.2 Å². The van der Waals surface area contributed by atoms with Gasteiger partial charge in [0.2, 0.25) is 5.60 Å². The van der Waals surface area contributed by atoms with Gasteiger partial charge in [0.1, 0.15) is 0 Å². The van der Waals surface area contributed by atoms with Crippen molar-refractivity contribution >= 4 is 11.9 Å². The molecule has 0 fully saturated rings. The van der Waals surface area contributed by atoms with E-state index in [9.17, 15) is 9.59 Å². The van der Waals surface area contributed by atoms with E-state index in [1.165, 1.54) is 0 Å². The molecule has 3 aromatic rings. The largest absolute Gasteiger partial charge is 0.453 e. The molecule has 0 unspecified atom stereocenters. The fourth-order valence-electron chi connectivity index (χ4n) is 3.53. The molecule has 5 heteroatoms. The van der Waals surface area contributed by atoms with Crippen molar-refractivity contribution < 1.29 is 19.1 Å². The zero-order valence-electron chi connectivity index (χ0n) is 17.8. The smallest absolute Gasteiger partial charge is 0.348 e. The van der Waals surface area contributed by atoms with Crippen molar-refractivity contribution in [2.45, 2.75) is 25.5 Å². The Morgan fingerprint density at radius 3 is 1.81 bits per heavy atom. The fraction of sp³-hybridized carbons (Fsp3) is 0.231. The number of hydrogen-bond donors (Lipinski definition) is 1. The minimum Gasteiger partial charge on any atom is -0.453 e. The fourth-order valence-corrected chi connectivity index (χ4v) is 3.53. The Morgan fingerprint density at radius 2 is 1.32 bits per heavy atom. The van der Waals surface area contributed by atoms with Crippen LogP contribution in [0.4, 0.5) is 0 Å². The molecule has 0 aliphatic rings.